The summed E-state index contributed by atoms with van der Waals surface area (Å²) in [5.74, 6) is 1.39. The number of nitrogens with zero attached hydrogens (tertiary/aromatic N) is 1. The van der Waals surface area contributed by atoms with Gasteiger partial charge in [0.2, 0.25) is 5.76 Å². The summed E-state index contributed by atoms with van der Waals surface area (Å²) in [5.41, 5.74) is 1.72. The molecular formula is C30H27NO6. The van der Waals surface area contributed by atoms with Crippen LogP contribution in [-0.4, -0.2) is 25.7 Å². The number of fused-ring (bicyclic) bond motifs is 2. The van der Waals surface area contributed by atoms with Crippen molar-refractivity contribution in [3.63, 3.8) is 0 Å². The molecule has 4 aromatic rings. The molecule has 1 amide bonds. The molecule has 0 spiro atoms. The SMILES string of the molecule is C=CCOc1ccc(C2c3c(oc4ccccc4c3=O)C(=O)N2c2ccc(OCC)cc2)cc1OCC. The molecular weight excluding hydrogens is 470 g/mol. The Morgan fingerprint density at radius 2 is 1.68 bits per heavy atom. The van der Waals surface area contributed by atoms with E-state index in [1.807, 2.05) is 26.0 Å². The van der Waals surface area contributed by atoms with Crippen LogP contribution in [-0.2, 0) is 0 Å². The average molecular weight is 498 g/mol. The second kappa shape index (κ2) is 10.2. The van der Waals surface area contributed by atoms with E-state index in [0.29, 0.717) is 64.9 Å². The predicted octanol–water partition coefficient (Wildman–Crippen LogP) is 5.91. The van der Waals surface area contributed by atoms with Crippen molar-refractivity contribution in [2.45, 2.75) is 19.9 Å². The number of anilines is 1. The number of carbonyl (C=O) groups is 1. The number of carbonyl (C=O) groups excluding carboxylic acids is 1. The highest BCUT2D eigenvalue weighted by atomic mass is 16.5. The predicted molar refractivity (Wildman–Crippen MR) is 142 cm³/mol. The molecule has 0 saturated carbocycles. The van der Waals surface area contributed by atoms with Crippen molar-refractivity contribution in [2.75, 3.05) is 24.7 Å². The van der Waals surface area contributed by atoms with E-state index in [1.165, 1.54) is 0 Å². The molecule has 0 aliphatic carbocycles. The summed E-state index contributed by atoms with van der Waals surface area (Å²) in [6.45, 7) is 8.75. The molecule has 0 N–H and O–H groups in total. The number of para-hydroxylation sites is 1. The minimum absolute atomic E-state index is 0.0347. The van der Waals surface area contributed by atoms with E-state index in [4.69, 9.17) is 18.6 Å². The Bertz CT molecular complexity index is 1520. The topological polar surface area (TPSA) is 78.2 Å². The van der Waals surface area contributed by atoms with Gasteiger partial charge in [-0.3, -0.25) is 14.5 Å². The van der Waals surface area contributed by atoms with Gasteiger partial charge in [-0.1, -0.05) is 30.9 Å². The van der Waals surface area contributed by atoms with Crippen LogP contribution < -0.4 is 24.5 Å². The number of ether oxygens (including phenoxy) is 3. The molecule has 7 heteroatoms. The van der Waals surface area contributed by atoms with Crippen molar-refractivity contribution in [1.82, 2.24) is 0 Å². The largest absolute Gasteiger partial charge is 0.494 e. The van der Waals surface area contributed by atoms with E-state index in [2.05, 4.69) is 6.58 Å². The number of benzene rings is 3. The van der Waals surface area contributed by atoms with Crippen LogP contribution in [0, 0.1) is 0 Å². The molecule has 0 radical (unpaired) electrons. The third-order valence-corrected chi connectivity index (χ3v) is 6.14. The molecule has 0 fully saturated rings. The Morgan fingerprint density at radius 3 is 2.41 bits per heavy atom. The van der Waals surface area contributed by atoms with Gasteiger partial charge in [0.1, 0.15) is 17.9 Å². The zero-order valence-corrected chi connectivity index (χ0v) is 20.7. The van der Waals surface area contributed by atoms with Gasteiger partial charge in [-0.25, -0.2) is 0 Å². The highest BCUT2D eigenvalue weighted by Crippen LogP contribution is 2.43. The number of rotatable bonds is 9. The molecule has 0 saturated heterocycles. The van der Waals surface area contributed by atoms with Crippen molar-refractivity contribution < 1.29 is 23.4 Å². The molecule has 1 aromatic heterocycles. The van der Waals surface area contributed by atoms with E-state index in [0.717, 1.165) is 0 Å². The van der Waals surface area contributed by atoms with E-state index in [9.17, 15) is 9.59 Å². The van der Waals surface area contributed by atoms with Crippen LogP contribution in [0.5, 0.6) is 17.2 Å². The summed E-state index contributed by atoms with van der Waals surface area (Å²) < 4.78 is 23.2. The van der Waals surface area contributed by atoms with Gasteiger partial charge in [0, 0.05) is 5.69 Å². The molecule has 1 aliphatic rings. The van der Waals surface area contributed by atoms with E-state index in [1.54, 1.807) is 65.6 Å². The van der Waals surface area contributed by atoms with Gasteiger partial charge >= 0.3 is 0 Å². The van der Waals surface area contributed by atoms with Gasteiger partial charge in [0.15, 0.2) is 16.9 Å². The lowest BCUT2D eigenvalue weighted by Gasteiger charge is -2.26. The average Bonchev–Trinajstić information content (AvgIpc) is 3.21. The fourth-order valence-electron chi connectivity index (χ4n) is 4.60. The van der Waals surface area contributed by atoms with Crippen LogP contribution in [0.25, 0.3) is 11.0 Å². The quantitative estimate of drug-likeness (QED) is 0.268. The van der Waals surface area contributed by atoms with Crippen LogP contribution >= 0.6 is 0 Å². The third-order valence-electron chi connectivity index (χ3n) is 6.14. The maximum Gasteiger partial charge on any atom is 0.295 e. The maximum absolute atomic E-state index is 13.8. The fourth-order valence-corrected chi connectivity index (χ4v) is 4.60. The van der Waals surface area contributed by atoms with Crippen LogP contribution in [0.4, 0.5) is 5.69 Å². The summed E-state index contributed by atoms with van der Waals surface area (Å²) in [5, 5.41) is 0.420. The summed E-state index contributed by atoms with van der Waals surface area (Å²) >= 11 is 0. The fraction of sp³-hybridized carbons (Fsp3) is 0.200. The van der Waals surface area contributed by atoms with Crippen molar-refractivity contribution in [3.05, 3.63) is 106 Å². The molecule has 1 aliphatic heterocycles. The van der Waals surface area contributed by atoms with Gasteiger partial charge in [-0.05, 0) is 67.9 Å². The first kappa shape index (κ1) is 24.2. The van der Waals surface area contributed by atoms with E-state index in [-0.39, 0.29) is 11.2 Å². The molecule has 1 atom stereocenters. The van der Waals surface area contributed by atoms with Crippen LogP contribution in [0.1, 0.15) is 41.6 Å². The minimum atomic E-state index is -0.728. The molecule has 2 heterocycles. The van der Waals surface area contributed by atoms with E-state index >= 15 is 0 Å². The Kier molecular flexibility index (Phi) is 6.68. The van der Waals surface area contributed by atoms with Crippen molar-refractivity contribution in [2.24, 2.45) is 0 Å². The monoisotopic (exact) mass is 497 g/mol. The Hall–Kier alpha value is -4.52. The van der Waals surface area contributed by atoms with Crippen molar-refractivity contribution in [1.29, 1.82) is 0 Å². The highest BCUT2D eigenvalue weighted by molar-refractivity contribution is 6.10. The lowest BCUT2D eigenvalue weighted by atomic mass is 9.97. The molecule has 7 nitrogen and oxygen atoms in total. The second-order valence-electron chi connectivity index (χ2n) is 8.41. The normalized spacial score (nSPS) is 14.5. The molecule has 5 rings (SSSR count). The highest BCUT2D eigenvalue weighted by Gasteiger charge is 2.44. The minimum Gasteiger partial charge on any atom is -0.494 e. The Morgan fingerprint density at radius 1 is 0.919 bits per heavy atom. The maximum atomic E-state index is 13.8. The Labute approximate surface area is 214 Å². The first-order valence-corrected chi connectivity index (χ1v) is 12.2. The standard InChI is InChI=1S/C30H27NO6/c1-4-17-36-24-16-11-19(18-25(24)35-6-3)27-26-28(32)22-9-7-8-10-23(22)37-29(26)30(33)31(27)20-12-14-21(15-13-20)34-5-2/h4,7-16,18,27H,1,5-6,17H2,2-3H3. The molecule has 37 heavy (non-hydrogen) atoms. The number of hydrogen-bond acceptors (Lipinski definition) is 6. The lowest BCUT2D eigenvalue weighted by Crippen LogP contribution is -2.29. The van der Waals surface area contributed by atoms with Crippen LogP contribution in [0.15, 0.2) is 88.6 Å². The van der Waals surface area contributed by atoms with Crippen molar-refractivity contribution >= 4 is 22.6 Å². The zero-order valence-electron chi connectivity index (χ0n) is 20.7. The second-order valence-corrected chi connectivity index (χ2v) is 8.41. The van der Waals surface area contributed by atoms with Crippen LogP contribution in [0.2, 0.25) is 0 Å². The smallest absolute Gasteiger partial charge is 0.295 e. The van der Waals surface area contributed by atoms with Crippen LogP contribution in [0.3, 0.4) is 0 Å². The summed E-state index contributed by atoms with van der Waals surface area (Å²) in [4.78, 5) is 29.1. The first-order valence-electron chi connectivity index (χ1n) is 12.2. The zero-order chi connectivity index (χ0) is 25.9. The lowest BCUT2D eigenvalue weighted by molar-refractivity contribution is 0.0971. The van der Waals surface area contributed by atoms with Gasteiger partial charge < -0.3 is 18.6 Å². The molecule has 3 aromatic carbocycles. The van der Waals surface area contributed by atoms with Gasteiger partial charge in [-0.2, -0.15) is 0 Å². The molecule has 188 valence electrons. The molecule has 0 bridgehead atoms. The van der Waals surface area contributed by atoms with Gasteiger partial charge in [0.25, 0.3) is 5.91 Å². The third kappa shape index (κ3) is 4.33. The number of amides is 1. The summed E-state index contributed by atoms with van der Waals surface area (Å²) in [7, 11) is 0. The van der Waals surface area contributed by atoms with Crippen molar-refractivity contribution in [3.8, 4) is 17.2 Å². The first-order chi connectivity index (χ1) is 18.1. The van der Waals surface area contributed by atoms with Gasteiger partial charge in [0.05, 0.1) is 30.2 Å². The molecule has 1 unspecified atom stereocenters. The Balaban J connectivity index is 1.71. The van der Waals surface area contributed by atoms with Gasteiger partial charge in [-0.15, -0.1) is 0 Å². The van der Waals surface area contributed by atoms with E-state index < -0.39 is 11.9 Å². The number of hydrogen-bond donors (Lipinski definition) is 0. The summed E-state index contributed by atoms with van der Waals surface area (Å²) in [6, 6.07) is 18.9. The summed E-state index contributed by atoms with van der Waals surface area (Å²) in [6.07, 6.45) is 1.65.